The van der Waals surface area contributed by atoms with Crippen molar-refractivity contribution >= 4 is 27.4 Å². The number of rotatable bonds is 7. The maximum Gasteiger partial charge on any atom is 0.185 e. The molecule has 0 aliphatic carbocycles. The Balaban J connectivity index is 1.64. The van der Waals surface area contributed by atoms with Crippen LogP contribution in [0, 0.1) is 12.3 Å². The highest BCUT2D eigenvalue weighted by atomic mass is 79.9. The van der Waals surface area contributed by atoms with Crippen LogP contribution in [0.3, 0.4) is 0 Å². The molecule has 0 bridgehead atoms. The molecule has 2 aromatic carbocycles. The van der Waals surface area contributed by atoms with E-state index in [9.17, 15) is 4.79 Å². The van der Waals surface area contributed by atoms with Gasteiger partial charge in [-0.15, -0.1) is 5.10 Å². The fraction of sp³-hybridized carbons (Fsp3) is 0.238. The quantitative estimate of drug-likeness (QED) is 0.444. The van der Waals surface area contributed by atoms with Crippen LogP contribution >= 0.6 is 15.9 Å². The second kappa shape index (κ2) is 8.39. The van der Waals surface area contributed by atoms with Crippen molar-refractivity contribution in [3.05, 3.63) is 81.1 Å². The van der Waals surface area contributed by atoms with E-state index in [1.165, 1.54) is 0 Å². The van der Waals surface area contributed by atoms with Crippen molar-refractivity contribution < 1.29 is 4.79 Å². The molecule has 0 radical (unpaired) electrons. The van der Waals surface area contributed by atoms with Crippen LogP contribution in [0.15, 0.2) is 53.0 Å². The highest BCUT2D eigenvalue weighted by Gasteiger charge is 2.16. The van der Waals surface area contributed by atoms with E-state index >= 15 is 0 Å². The lowest BCUT2D eigenvalue weighted by atomic mass is 10.0. The molecule has 3 aromatic rings. The van der Waals surface area contributed by atoms with E-state index in [0.717, 1.165) is 26.9 Å². The van der Waals surface area contributed by atoms with Gasteiger partial charge in [0.25, 0.3) is 0 Å². The molecule has 0 atom stereocenters. The summed E-state index contributed by atoms with van der Waals surface area (Å²) in [5.41, 5.74) is 4.85. The lowest BCUT2D eigenvalue weighted by Gasteiger charge is -2.05. The van der Waals surface area contributed by atoms with Gasteiger partial charge in [-0.25, -0.2) is 4.68 Å². The van der Waals surface area contributed by atoms with Gasteiger partial charge < -0.3 is 5.41 Å². The van der Waals surface area contributed by atoms with Gasteiger partial charge in [-0.2, -0.15) is 0 Å². The van der Waals surface area contributed by atoms with Crippen LogP contribution < -0.4 is 0 Å². The highest BCUT2D eigenvalue weighted by molar-refractivity contribution is 9.10. The van der Waals surface area contributed by atoms with E-state index < -0.39 is 0 Å². The zero-order valence-corrected chi connectivity index (χ0v) is 17.0. The van der Waals surface area contributed by atoms with Crippen molar-refractivity contribution in [1.29, 1.82) is 5.41 Å². The van der Waals surface area contributed by atoms with Gasteiger partial charge in [0.2, 0.25) is 0 Å². The minimum absolute atomic E-state index is 0.00173. The van der Waals surface area contributed by atoms with Gasteiger partial charge in [-0.1, -0.05) is 57.5 Å². The molecule has 27 heavy (non-hydrogen) atoms. The molecular weight excluding hydrogens is 404 g/mol. The fourth-order valence-electron chi connectivity index (χ4n) is 2.83. The number of hydrogen-bond donors (Lipinski definition) is 1. The van der Waals surface area contributed by atoms with Crippen LogP contribution in [0.25, 0.3) is 0 Å². The van der Waals surface area contributed by atoms with E-state index in [1.54, 1.807) is 11.6 Å². The number of benzene rings is 2. The van der Waals surface area contributed by atoms with E-state index in [-0.39, 0.29) is 5.78 Å². The normalized spacial score (nSPS) is 10.8. The Kier molecular flexibility index (Phi) is 5.96. The average molecular weight is 425 g/mol. The smallest absolute Gasteiger partial charge is 0.185 e. The number of hydrogen-bond acceptors (Lipinski definition) is 4. The summed E-state index contributed by atoms with van der Waals surface area (Å²) >= 11 is 3.43. The van der Waals surface area contributed by atoms with E-state index in [4.69, 9.17) is 5.41 Å². The first kappa shape index (κ1) is 19.2. The summed E-state index contributed by atoms with van der Waals surface area (Å²) < 4.78 is 2.79. The Labute approximate surface area is 167 Å². The number of ketones is 1. The molecule has 0 aliphatic heterocycles. The minimum Gasteiger partial charge on any atom is -0.305 e. The van der Waals surface area contributed by atoms with Gasteiger partial charge in [0, 0.05) is 16.6 Å². The molecule has 0 saturated carbocycles. The SMILES string of the molecule is CC(=N)c1ccc(CCC(=O)c2nnn(Cc3ccc(Br)cc3)c2C)cc1. The van der Waals surface area contributed by atoms with Crippen LogP contribution in [0.1, 0.15) is 46.2 Å². The van der Waals surface area contributed by atoms with Crippen molar-refractivity contribution in [3.63, 3.8) is 0 Å². The second-order valence-corrected chi connectivity index (χ2v) is 7.47. The maximum atomic E-state index is 12.6. The molecule has 5 nitrogen and oxygen atoms in total. The Hall–Kier alpha value is -2.60. The monoisotopic (exact) mass is 424 g/mol. The van der Waals surface area contributed by atoms with Gasteiger partial charge in [0.15, 0.2) is 11.5 Å². The molecule has 0 aliphatic rings. The Morgan fingerprint density at radius 2 is 1.70 bits per heavy atom. The lowest BCUT2D eigenvalue weighted by molar-refractivity contribution is 0.0977. The number of halogens is 1. The number of carbonyl (C=O) groups excluding carboxylic acids is 1. The van der Waals surface area contributed by atoms with Gasteiger partial charge in [-0.3, -0.25) is 4.79 Å². The summed E-state index contributed by atoms with van der Waals surface area (Å²) in [5, 5.41) is 15.9. The second-order valence-electron chi connectivity index (χ2n) is 6.55. The van der Waals surface area contributed by atoms with Gasteiger partial charge in [0.05, 0.1) is 12.2 Å². The summed E-state index contributed by atoms with van der Waals surface area (Å²) in [4.78, 5) is 12.6. The summed E-state index contributed by atoms with van der Waals surface area (Å²) in [6.45, 7) is 4.23. The zero-order chi connectivity index (χ0) is 19.4. The molecule has 0 spiro atoms. The first-order chi connectivity index (χ1) is 12.9. The summed E-state index contributed by atoms with van der Waals surface area (Å²) in [6.07, 6.45) is 1.04. The number of Topliss-reactive ketones (excluding diaryl/α,β-unsaturated/α-hetero) is 1. The molecule has 0 saturated heterocycles. The highest BCUT2D eigenvalue weighted by Crippen LogP contribution is 2.15. The first-order valence-electron chi connectivity index (χ1n) is 8.76. The number of aryl methyl sites for hydroxylation is 1. The molecular formula is C21H21BrN4O. The zero-order valence-electron chi connectivity index (χ0n) is 15.4. The maximum absolute atomic E-state index is 12.6. The lowest BCUT2D eigenvalue weighted by Crippen LogP contribution is -2.07. The van der Waals surface area contributed by atoms with Crippen LogP contribution in [-0.4, -0.2) is 26.5 Å². The molecule has 138 valence electrons. The van der Waals surface area contributed by atoms with Gasteiger partial charge in [0.1, 0.15) is 0 Å². The number of nitrogens with zero attached hydrogens (tertiary/aromatic N) is 3. The summed E-state index contributed by atoms with van der Waals surface area (Å²) in [6, 6.07) is 15.8. The third-order valence-corrected chi connectivity index (χ3v) is 5.05. The number of aromatic nitrogens is 3. The standard InChI is InChI=1S/C21H21BrN4O/c1-14(23)18-8-3-16(4-9-18)7-12-20(27)21-15(2)26(25-24-21)13-17-5-10-19(22)11-6-17/h3-6,8-11,23H,7,12-13H2,1-2H3. The van der Waals surface area contributed by atoms with Crippen LogP contribution in [-0.2, 0) is 13.0 Å². The molecule has 3 rings (SSSR count). The van der Waals surface area contributed by atoms with Crippen LogP contribution in [0.5, 0.6) is 0 Å². The molecule has 0 fully saturated rings. The summed E-state index contributed by atoms with van der Waals surface area (Å²) in [5.74, 6) is 0.00173. The minimum atomic E-state index is 0.00173. The van der Waals surface area contributed by atoms with Gasteiger partial charge >= 0.3 is 0 Å². The topological polar surface area (TPSA) is 71.6 Å². The molecule has 6 heteroatoms. The Bertz CT molecular complexity index is 959. The number of nitrogens with one attached hydrogen (secondary N) is 1. The van der Waals surface area contributed by atoms with Crippen LogP contribution in [0.2, 0.25) is 0 Å². The number of carbonyl (C=O) groups is 1. The molecule has 1 heterocycles. The third kappa shape index (κ3) is 4.77. The Morgan fingerprint density at radius 1 is 1.07 bits per heavy atom. The van der Waals surface area contributed by atoms with Crippen molar-refractivity contribution in [2.45, 2.75) is 33.2 Å². The average Bonchev–Trinajstić information content (AvgIpc) is 3.02. The molecule has 1 aromatic heterocycles. The predicted octanol–water partition coefficient (Wildman–Crippen LogP) is 4.60. The van der Waals surface area contributed by atoms with Crippen molar-refractivity contribution in [2.24, 2.45) is 0 Å². The molecule has 0 unspecified atom stereocenters. The van der Waals surface area contributed by atoms with Crippen molar-refractivity contribution in [2.75, 3.05) is 0 Å². The van der Waals surface area contributed by atoms with E-state index in [2.05, 4.69) is 26.2 Å². The summed E-state index contributed by atoms with van der Waals surface area (Å²) in [7, 11) is 0. The van der Waals surface area contributed by atoms with Crippen LogP contribution in [0.4, 0.5) is 0 Å². The third-order valence-electron chi connectivity index (χ3n) is 4.52. The first-order valence-corrected chi connectivity index (χ1v) is 9.55. The Morgan fingerprint density at radius 3 is 2.33 bits per heavy atom. The van der Waals surface area contributed by atoms with E-state index in [0.29, 0.717) is 30.8 Å². The molecule has 0 amide bonds. The van der Waals surface area contributed by atoms with Crippen molar-refractivity contribution in [3.8, 4) is 0 Å². The van der Waals surface area contributed by atoms with Gasteiger partial charge in [-0.05, 0) is 49.1 Å². The van der Waals surface area contributed by atoms with Crippen molar-refractivity contribution in [1.82, 2.24) is 15.0 Å². The molecule has 1 N–H and O–H groups in total. The predicted molar refractivity (Wildman–Crippen MR) is 110 cm³/mol. The largest absolute Gasteiger partial charge is 0.305 e. The fourth-order valence-corrected chi connectivity index (χ4v) is 3.09. The van der Waals surface area contributed by atoms with E-state index in [1.807, 2.05) is 55.5 Å².